The zero-order valence-electron chi connectivity index (χ0n) is 13.3. The molecule has 0 radical (unpaired) electrons. The van der Waals surface area contributed by atoms with Gasteiger partial charge in [0.25, 0.3) is 11.5 Å². The van der Waals surface area contributed by atoms with Crippen LogP contribution in [0.15, 0.2) is 48.5 Å². The minimum Gasteiger partial charge on any atom is -0.463 e. The van der Waals surface area contributed by atoms with Crippen molar-refractivity contribution in [3.8, 4) is 0 Å². The molecule has 130 valence electrons. The fourth-order valence-corrected chi connectivity index (χ4v) is 3.44. The van der Waals surface area contributed by atoms with Crippen LogP contribution in [0.1, 0.15) is 18.1 Å². The predicted molar refractivity (Wildman–Crippen MR) is 93.3 cm³/mol. The Labute approximate surface area is 154 Å². The van der Waals surface area contributed by atoms with E-state index in [9.17, 15) is 9.59 Å². The van der Waals surface area contributed by atoms with E-state index in [2.05, 4.69) is 0 Å². The van der Waals surface area contributed by atoms with E-state index in [1.54, 1.807) is 55.5 Å². The molecule has 0 saturated carbocycles. The Morgan fingerprint density at radius 3 is 2.32 bits per heavy atom. The van der Waals surface area contributed by atoms with Gasteiger partial charge in [-0.1, -0.05) is 53.5 Å². The molecular formula is C18H15Cl2NO4. The van der Waals surface area contributed by atoms with Crippen molar-refractivity contribution in [1.82, 2.24) is 0 Å². The van der Waals surface area contributed by atoms with Gasteiger partial charge in [0.15, 0.2) is 5.60 Å². The summed E-state index contributed by atoms with van der Waals surface area (Å²) in [5.41, 5.74) is 3.09. The molecule has 1 saturated heterocycles. The third-order valence-corrected chi connectivity index (χ3v) is 4.76. The van der Waals surface area contributed by atoms with Gasteiger partial charge in [0, 0.05) is 15.6 Å². The molecule has 0 spiro atoms. The van der Waals surface area contributed by atoms with E-state index in [1.807, 2.05) is 0 Å². The highest BCUT2D eigenvalue weighted by Gasteiger charge is 2.82. The zero-order chi connectivity index (χ0) is 18.2. The predicted octanol–water partition coefficient (Wildman–Crippen LogP) is 3.05. The van der Waals surface area contributed by atoms with Gasteiger partial charge in [0.05, 0.1) is 6.61 Å². The van der Waals surface area contributed by atoms with E-state index in [4.69, 9.17) is 38.4 Å². The monoisotopic (exact) mass is 379 g/mol. The minimum absolute atomic E-state index is 0.0798. The first-order chi connectivity index (χ1) is 11.9. The lowest BCUT2D eigenvalue weighted by Gasteiger charge is -2.19. The molecule has 1 fully saturated rings. The van der Waals surface area contributed by atoms with Crippen molar-refractivity contribution < 1.29 is 19.1 Å². The second-order valence-corrected chi connectivity index (χ2v) is 6.38. The lowest BCUT2D eigenvalue weighted by atomic mass is 9.80. The van der Waals surface area contributed by atoms with Crippen LogP contribution in [0.2, 0.25) is 10.0 Å². The Bertz CT molecular complexity index is 839. The van der Waals surface area contributed by atoms with Crippen LogP contribution in [-0.4, -0.2) is 24.1 Å². The first kappa shape index (κ1) is 17.7. The van der Waals surface area contributed by atoms with Crippen molar-refractivity contribution in [2.75, 3.05) is 6.61 Å². The summed E-state index contributed by atoms with van der Waals surface area (Å²) in [4.78, 5) is 24.9. The van der Waals surface area contributed by atoms with Crippen LogP contribution < -0.4 is 5.73 Å². The normalized spacial score (nSPS) is 24.6. The van der Waals surface area contributed by atoms with E-state index in [0.29, 0.717) is 21.2 Å². The standard InChI is InChI=1S/C18H15Cl2NO4/c1-2-24-16(23)18(15(21)22)17(25-18,11-7-9-12(19)10-8-11)13-5-3-4-6-14(13)20/h3-10H,2H2,1H3,(H2,21,22). The molecular weight excluding hydrogens is 365 g/mol. The lowest BCUT2D eigenvalue weighted by Crippen LogP contribution is -2.46. The van der Waals surface area contributed by atoms with Gasteiger partial charge in [-0.25, -0.2) is 4.79 Å². The van der Waals surface area contributed by atoms with Crippen molar-refractivity contribution in [2.45, 2.75) is 18.1 Å². The van der Waals surface area contributed by atoms with Gasteiger partial charge in [-0.2, -0.15) is 0 Å². The van der Waals surface area contributed by atoms with Crippen LogP contribution >= 0.6 is 23.2 Å². The number of amides is 1. The number of halogens is 2. The van der Waals surface area contributed by atoms with Crippen molar-refractivity contribution >= 4 is 35.1 Å². The van der Waals surface area contributed by atoms with Crippen molar-refractivity contribution in [3.05, 3.63) is 69.7 Å². The van der Waals surface area contributed by atoms with Crippen molar-refractivity contribution in [1.29, 1.82) is 0 Å². The fraction of sp³-hybridized carbons (Fsp3) is 0.222. The highest BCUT2D eigenvalue weighted by molar-refractivity contribution is 6.32. The van der Waals surface area contributed by atoms with Gasteiger partial charge in [-0.05, 0) is 30.7 Å². The Morgan fingerprint density at radius 2 is 1.76 bits per heavy atom. The summed E-state index contributed by atoms with van der Waals surface area (Å²) in [6, 6.07) is 13.4. The number of carbonyl (C=O) groups is 2. The molecule has 5 nitrogen and oxygen atoms in total. The molecule has 3 rings (SSSR count). The number of rotatable bonds is 5. The number of esters is 1. The molecule has 1 amide bonds. The Morgan fingerprint density at radius 1 is 1.12 bits per heavy atom. The molecule has 0 aromatic heterocycles. The summed E-state index contributed by atoms with van der Waals surface area (Å²) < 4.78 is 10.8. The Kier molecular flexibility index (Phi) is 4.49. The van der Waals surface area contributed by atoms with Gasteiger partial charge in [0.1, 0.15) is 0 Å². The second-order valence-electron chi connectivity index (χ2n) is 5.54. The third kappa shape index (κ3) is 2.51. The number of carbonyl (C=O) groups excluding carboxylic acids is 2. The maximum absolute atomic E-state index is 12.6. The molecule has 1 heterocycles. The van der Waals surface area contributed by atoms with Gasteiger partial charge in [-0.3, -0.25) is 4.79 Å². The topological polar surface area (TPSA) is 81.9 Å². The van der Waals surface area contributed by atoms with Crippen LogP contribution in [0.5, 0.6) is 0 Å². The number of benzene rings is 2. The number of hydrogen-bond donors (Lipinski definition) is 1. The number of primary amides is 1. The summed E-state index contributed by atoms with van der Waals surface area (Å²) in [7, 11) is 0. The number of epoxide rings is 1. The maximum atomic E-state index is 12.6. The average molecular weight is 380 g/mol. The van der Waals surface area contributed by atoms with Gasteiger partial charge in [-0.15, -0.1) is 0 Å². The zero-order valence-corrected chi connectivity index (χ0v) is 14.8. The largest absolute Gasteiger partial charge is 0.463 e. The molecule has 1 aliphatic rings. The fourth-order valence-electron chi connectivity index (χ4n) is 3.04. The third-order valence-electron chi connectivity index (χ3n) is 4.17. The molecule has 0 bridgehead atoms. The van der Waals surface area contributed by atoms with E-state index < -0.39 is 23.1 Å². The molecule has 2 unspecified atom stereocenters. The highest BCUT2D eigenvalue weighted by atomic mass is 35.5. The van der Waals surface area contributed by atoms with E-state index in [1.165, 1.54) is 0 Å². The maximum Gasteiger partial charge on any atom is 0.352 e. The summed E-state index contributed by atoms with van der Waals surface area (Å²) in [5, 5.41) is 0.837. The molecule has 2 aromatic rings. The van der Waals surface area contributed by atoms with E-state index >= 15 is 0 Å². The molecule has 2 aromatic carbocycles. The van der Waals surface area contributed by atoms with Crippen LogP contribution in [0.25, 0.3) is 0 Å². The Hall–Kier alpha value is -2.08. The summed E-state index contributed by atoms with van der Waals surface area (Å²) in [5.74, 6) is -1.79. The van der Waals surface area contributed by atoms with Crippen LogP contribution in [0.3, 0.4) is 0 Å². The van der Waals surface area contributed by atoms with Gasteiger partial charge >= 0.3 is 5.97 Å². The summed E-state index contributed by atoms with van der Waals surface area (Å²) in [6.45, 7) is 1.71. The molecule has 2 N–H and O–H groups in total. The average Bonchev–Trinajstić information content (AvgIpc) is 3.29. The first-order valence-electron chi connectivity index (χ1n) is 7.58. The number of nitrogens with two attached hydrogens (primary N) is 1. The van der Waals surface area contributed by atoms with Crippen LogP contribution in [0, 0.1) is 0 Å². The van der Waals surface area contributed by atoms with E-state index in [0.717, 1.165) is 0 Å². The lowest BCUT2D eigenvalue weighted by molar-refractivity contribution is -0.153. The summed E-state index contributed by atoms with van der Waals surface area (Å²) >= 11 is 12.3. The van der Waals surface area contributed by atoms with E-state index in [-0.39, 0.29) is 6.61 Å². The molecule has 25 heavy (non-hydrogen) atoms. The van der Waals surface area contributed by atoms with Crippen LogP contribution in [0.4, 0.5) is 0 Å². The van der Waals surface area contributed by atoms with Gasteiger partial charge in [0.2, 0.25) is 0 Å². The quantitative estimate of drug-likeness (QED) is 0.491. The van der Waals surface area contributed by atoms with Crippen molar-refractivity contribution in [2.24, 2.45) is 5.73 Å². The number of ether oxygens (including phenoxy) is 2. The molecule has 1 aliphatic heterocycles. The van der Waals surface area contributed by atoms with Crippen LogP contribution in [-0.2, 0) is 24.7 Å². The summed E-state index contributed by atoms with van der Waals surface area (Å²) in [6.07, 6.45) is 0. The highest BCUT2D eigenvalue weighted by Crippen LogP contribution is 2.62. The molecule has 2 atom stereocenters. The second kappa shape index (κ2) is 6.33. The molecule has 7 heteroatoms. The molecule has 0 aliphatic carbocycles. The SMILES string of the molecule is CCOC(=O)C1(C(N)=O)OC1(c1ccc(Cl)cc1)c1ccccc1Cl. The van der Waals surface area contributed by atoms with Crippen molar-refractivity contribution in [3.63, 3.8) is 0 Å². The number of hydrogen-bond acceptors (Lipinski definition) is 4. The Balaban J connectivity index is 2.25. The first-order valence-corrected chi connectivity index (χ1v) is 8.34. The minimum atomic E-state index is -1.98. The van der Waals surface area contributed by atoms with Gasteiger partial charge < -0.3 is 15.2 Å². The smallest absolute Gasteiger partial charge is 0.352 e.